The van der Waals surface area contributed by atoms with Crippen LogP contribution in [-0.4, -0.2) is 25.1 Å². The molecule has 1 saturated heterocycles. The van der Waals surface area contributed by atoms with Crippen molar-refractivity contribution in [2.24, 2.45) is 11.8 Å². The average Bonchev–Trinajstić information content (AvgIpc) is 2.87. The molecule has 0 bridgehead atoms. The fourth-order valence-electron chi connectivity index (χ4n) is 3.47. The summed E-state index contributed by atoms with van der Waals surface area (Å²) in [7, 11) is 1.99. The fraction of sp³-hybridized carbons (Fsp3) is 0.786. The molecular formula is C14H23N3S. The quantitative estimate of drug-likeness (QED) is 0.911. The van der Waals surface area contributed by atoms with Gasteiger partial charge in [-0.2, -0.15) is 0 Å². The summed E-state index contributed by atoms with van der Waals surface area (Å²) in [4.78, 5) is 8.47. The van der Waals surface area contributed by atoms with E-state index >= 15 is 0 Å². The third kappa shape index (κ3) is 2.54. The predicted octanol–water partition coefficient (Wildman–Crippen LogP) is 2.88. The Morgan fingerprint density at radius 2 is 2.17 bits per heavy atom. The smallest absolute Gasteiger partial charge is 0.185 e. The van der Waals surface area contributed by atoms with Gasteiger partial charge in [0.25, 0.3) is 0 Å². The van der Waals surface area contributed by atoms with Crippen LogP contribution in [0.1, 0.15) is 37.0 Å². The zero-order valence-electron chi connectivity index (χ0n) is 11.2. The van der Waals surface area contributed by atoms with E-state index < -0.39 is 0 Å². The first kappa shape index (κ1) is 12.4. The summed E-state index contributed by atoms with van der Waals surface area (Å²) in [6.07, 6.45) is 9.23. The number of thiazole rings is 1. The first-order valence-electron chi connectivity index (χ1n) is 7.21. The molecule has 2 atom stereocenters. The van der Waals surface area contributed by atoms with E-state index in [0.717, 1.165) is 18.4 Å². The minimum Gasteiger partial charge on any atom is -0.348 e. The lowest BCUT2D eigenvalue weighted by Gasteiger charge is -2.41. The van der Waals surface area contributed by atoms with Crippen molar-refractivity contribution in [2.45, 2.75) is 38.6 Å². The van der Waals surface area contributed by atoms with Gasteiger partial charge >= 0.3 is 0 Å². The van der Waals surface area contributed by atoms with Gasteiger partial charge in [-0.3, -0.25) is 0 Å². The molecule has 2 heterocycles. The molecule has 1 saturated carbocycles. The predicted molar refractivity (Wildman–Crippen MR) is 77.2 cm³/mol. The van der Waals surface area contributed by atoms with Crippen molar-refractivity contribution in [3.05, 3.63) is 11.1 Å². The Morgan fingerprint density at radius 3 is 3.00 bits per heavy atom. The molecule has 2 fully saturated rings. The largest absolute Gasteiger partial charge is 0.348 e. The number of hydrogen-bond acceptors (Lipinski definition) is 4. The highest BCUT2D eigenvalue weighted by atomic mass is 32.1. The first-order chi connectivity index (χ1) is 8.86. The number of piperidine rings is 1. The van der Waals surface area contributed by atoms with Crippen LogP contribution >= 0.6 is 11.3 Å². The third-order valence-electron chi connectivity index (χ3n) is 4.45. The number of aromatic nitrogens is 1. The van der Waals surface area contributed by atoms with Gasteiger partial charge in [0.1, 0.15) is 0 Å². The lowest BCUT2D eigenvalue weighted by molar-refractivity contribution is 0.202. The SMILES string of the molecule is CNCc1cnc(N2CCC3CCCCC3C2)s1. The lowest BCUT2D eigenvalue weighted by Crippen LogP contribution is -2.41. The van der Waals surface area contributed by atoms with Gasteiger partial charge in [0.05, 0.1) is 0 Å². The van der Waals surface area contributed by atoms with Crippen molar-refractivity contribution in [1.82, 2.24) is 10.3 Å². The second-order valence-corrected chi connectivity index (χ2v) is 6.77. The Labute approximate surface area is 114 Å². The summed E-state index contributed by atoms with van der Waals surface area (Å²) in [6, 6.07) is 0. The van der Waals surface area contributed by atoms with E-state index in [0.29, 0.717) is 0 Å². The maximum Gasteiger partial charge on any atom is 0.185 e. The molecule has 1 N–H and O–H groups in total. The minimum absolute atomic E-state index is 0.934. The lowest BCUT2D eigenvalue weighted by atomic mass is 9.75. The molecule has 4 heteroatoms. The van der Waals surface area contributed by atoms with Gasteiger partial charge in [-0.05, 0) is 31.7 Å². The third-order valence-corrected chi connectivity index (χ3v) is 5.51. The topological polar surface area (TPSA) is 28.2 Å². The van der Waals surface area contributed by atoms with Crippen LogP contribution in [0.5, 0.6) is 0 Å². The van der Waals surface area contributed by atoms with Crippen molar-refractivity contribution >= 4 is 16.5 Å². The molecule has 1 aromatic rings. The van der Waals surface area contributed by atoms with Crippen LogP contribution < -0.4 is 10.2 Å². The molecule has 3 nitrogen and oxygen atoms in total. The Kier molecular flexibility index (Phi) is 3.85. The number of hydrogen-bond donors (Lipinski definition) is 1. The summed E-state index contributed by atoms with van der Waals surface area (Å²) in [6.45, 7) is 3.41. The highest BCUT2D eigenvalue weighted by molar-refractivity contribution is 7.15. The molecule has 2 aliphatic rings. The second-order valence-electron chi connectivity index (χ2n) is 5.68. The minimum atomic E-state index is 0.934. The monoisotopic (exact) mass is 265 g/mol. The average molecular weight is 265 g/mol. The van der Waals surface area contributed by atoms with E-state index in [1.54, 1.807) is 0 Å². The molecule has 1 aliphatic heterocycles. The number of anilines is 1. The summed E-state index contributed by atoms with van der Waals surface area (Å²) < 4.78 is 0. The molecule has 1 aliphatic carbocycles. The van der Waals surface area contributed by atoms with E-state index in [1.165, 1.54) is 55.2 Å². The van der Waals surface area contributed by atoms with Gasteiger partial charge in [-0.15, -0.1) is 11.3 Å². The molecule has 0 amide bonds. The number of nitrogens with zero attached hydrogens (tertiary/aromatic N) is 2. The zero-order valence-corrected chi connectivity index (χ0v) is 12.0. The fourth-order valence-corrected chi connectivity index (χ4v) is 4.43. The Balaban J connectivity index is 1.65. The van der Waals surface area contributed by atoms with Crippen molar-refractivity contribution in [2.75, 3.05) is 25.0 Å². The van der Waals surface area contributed by atoms with Gasteiger partial charge in [0.15, 0.2) is 5.13 Å². The van der Waals surface area contributed by atoms with Crippen LogP contribution in [0.3, 0.4) is 0 Å². The molecule has 18 heavy (non-hydrogen) atoms. The number of nitrogens with one attached hydrogen (secondary N) is 1. The summed E-state index contributed by atoms with van der Waals surface area (Å²) in [5, 5.41) is 4.44. The van der Waals surface area contributed by atoms with Gasteiger partial charge in [0.2, 0.25) is 0 Å². The molecule has 2 unspecified atom stereocenters. The van der Waals surface area contributed by atoms with Crippen LogP contribution in [0.25, 0.3) is 0 Å². The number of rotatable bonds is 3. The highest BCUT2D eigenvalue weighted by Crippen LogP contribution is 2.38. The van der Waals surface area contributed by atoms with Gasteiger partial charge in [0, 0.05) is 30.7 Å². The highest BCUT2D eigenvalue weighted by Gasteiger charge is 2.31. The van der Waals surface area contributed by atoms with E-state index in [4.69, 9.17) is 0 Å². The molecule has 100 valence electrons. The van der Waals surface area contributed by atoms with Crippen LogP contribution in [0.2, 0.25) is 0 Å². The van der Waals surface area contributed by atoms with Gasteiger partial charge in [-0.1, -0.05) is 19.3 Å². The van der Waals surface area contributed by atoms with E-state index in [2.05, 4.69) is 15.2 Å². The van der Waals surface area contributed by atoms with E-state index in [1.807, 2.05) is 24.6 Å². The summed E-state index contributed by atoms with van der Waals surface area (Å²) >= 11 is 1.86. The Morgan fingerprint density at radius 1 is 1.33 bits per heavy atom. The van der Waals surface area contributed by atoms with Crippen LogP contribution in [0.4, 0.5) is 5.13 Å². The van der Waals surface area contributed by atoms with E-state index in [9.17, 15) is 0 Å². The van der Waals surface area contributed by atoms with Crippen molar-refractivity contribution < 1.29 is 0 Å². The van der Waals surface area contributed by atoms with Crippen LogP contribution in [0, 0.1) is 11.8 Å². The van der Waals surface area contributed by atoms with Crippen molar-refractivity contribution in [3.8, 4) is 0 Å². The number of fused-ring (bicyclic) bond motifs is 1. The van der Waals surface area contributed by atoms with Gasteiger partial charge in [-0.25, -0.2) is 4.98 Å². The molecule has 0 aromatic carbocycles. The molecule has 3 rings (SSSR count). The second kappa shape index (κ2) is 5.57. The standard InChI is InChI=1S/C14H23N3S/c1-15-8-13-9-16-14(18-13)17-7-6-11-4-2-3-5-12(11)10-17/h9,11-12,15H,2-8,10H2,1H3. The molecule has 0 spiro atoms. The zero-order chi connectivity index (χ0) is 12.4. The van der Waals surface area contributed by atoms with Crippen LogP contribution in [0.15, 0.2) is 6.20 Å². The Bertz CT molecular complexity index is 390. The van der Waals surface area contributed by atoms with Crippen molar-refractivity contribution in [1.29, 1.82) is 0 Å². The maximum atomic E-state index is 4.60. The normalized spacial score (nSPS) is 28.2. The molecule has 1 aromatic heterocycles. The van der Waals surface area contributed by atoms with Crippen LogP contribution in [-0.2, 0) is 6.54 Å². The first-order valence-corrected chi connectivity index (χ1v) is 8.02. The van der Waals surface area contributed by atoms with Crippen molar-refractivity contribution in [3.63, 3.8) is 0 Å². The van der Waals surface area contributed by atoms with E-state index in [-0.39, 0.29) is 0 Å². The maximum absolute atomic E-state index is 4.60. The summed E-state index contributed by atoms with van der Waals surface area (Å²) in [5.41, 5.74) is 0. The molecule has 0 radical (unpaired) electrons. The Hall–Kier alpha value is -0.610. The van der Waals surface area contributed by atoms with Gasteiger partial charge < -0.3 is 10.2 Å². The summed E-state index contributed by atoms with van der Waals surface area (Å²) in [5.74, 6) is 1.94. The molecular weight excluding hydrogens is 242 g/mol.